The molecule has 1 amide bonds. The molecule has 8 heteroatoms. The number of carbonyl (C=O) groups excluding carboxylic acids is 1. The van der Waals surface area contributed by atoms with Crippen molar-refractivity contribution in [3.63, 3.8) is 0 Å². The molecule has 1 aromatic rings. The van der Waals surface area contributed by atoms with Gasteiger partial charge in [0.2, 0.25) is 0 Å². The molecule has 0 aromatic heterocycles. The van der Waals surface area contributed by atoms with Crippen molar-refractivity contribution in [2.45, 2.75) is 26.4 Å². The van der Waals surface area contributed by atoms with E-state index in [1.807, 2.05) is 0 Å². The van der Waals surface area contributed by atoms with Gasteiger partial charge in [-0.2, -0.15) is 0 Å². The third kappa shape index (κ3) is 4.33. The molecule has 1 fully saturated rings. The van der Waals surface area contributed by atoms with Crippen LogP contribution in [0.2, 0.25) is 0 Å². The van der Waals surface area contributed by atoms with Gasteiger partial charge in [-0.05, 0) is 39.0 Å². The maximum Gasteiger partial charge on any atom is 0.410 e. The Labute approximate surface area is 139 Å². The number of ether oxygens (including phenoxy) is 1. The van der Waals surface area contributed by atoms with E-state index in [2.05, 4.69) is 5.16 Å². The van der Waals surface area contributed by atoms with Crippen molar-refractivity contribution >= 4 is 11.9 Å². The number of amidine groups is 1. The van der Waals surface area contributed by atoms with Gasteiger partial charge in [0.25, 0.3) is 0 Å². The highest BCUT2D eigenvalue weighted by molar-refractivity contribution is 5.98. The fourth-order valence-corrected chi connectivity index (χ4v) is 2.38. The van der Waals surface area contributed by atoms with Gasteiger partial charge in [0.05, 0.1) is 5.56 Å². The largest absolute Gasteiger partial charge is 0.444 e. The van der Waals surface area contributed by atoms with Crippen LogP contribution in [-0.2, 0) is 4.74 Å². The second-order valence-electron chi connectivity index (χ2n) is 6.50. The summed E-state index contributed by atoms with van der Waals surface area (Å²) < 4.78 is 32.5. The number of hydrogen-bond acceptors (Lipinski definition) is 4. The fraction of sp³-hybridized carbons (Fsp3) is 0.500. The lowest BCUT2D eigenvalue weighted by molar-refractivity contribution is 0.0186. The van der Waals surface area contributed by atoms with E-state index < -0.39 is 23.3 Å². The Morgan fingerprint density at radius 3 is 2.29 bits per heavy atom. The van der Waals surface area contributed by atoms with Gasteiger partial charge in [-0.3, -0.25) is 0 Å². The summed E-state index contributed by atoms with van der Waals surface area (Å²) in [5.74, 6) is -1.37. The molecule has 132 valence electrons. The highest BCUT2D eigenvalue weighted by atomic mass is 19.1. The zero-order valence-corrected chi connectivity index (χ0v) is 13.9. The maximum atomic E-state index is 13.9. The number of oxime groups is 1. The van der Waals surface area contributed by atoms with Crippen LogP contribution in [0, 0.1) is 11.6 Å². The molecule has 1 heterocycles. The summed E-state index contributed by atoms with van der Waals surface area (Å²) in [5, 5.41) is 12.3. The van der Waals surface area contributed by atoms with Crippen LogP contribution in [0.4, 0.5) is 13.6 Å². The molecule has 0 saturated carbocycles. The van der Waals surface area contributed by atoms with Gasteiger partial charge in [0, 0.05) is 26.2 Å². The summed E-state index contributed by atoms with van der Waals surface area (Å²) in [6.07, 6.45) is -0.429. The van der Waals surface area contributed by atoms with Gasteiger partial charge in [-0.15, -0.1) is 0 Å². The number of carbonyl (C=O) groups is 1. The molecular formula is C16H21F2N3O3. The van der Waals surface area contributed by atoms with Crippen molar-refractivity contribution in [2.24, 2.45) is 5.16 Å². The monoisotopic (exact) mass is 341 g/mol. The van der Waals surface area contributed by atoms with Gasteiger partial charge in [-0.25, -0.2) is 13.6 Å². The standard InChI is InChI=1S/C16H21F2N3O3/c1-16(2,3)24-15(22)21-8-6-20(7-9-21)14(19-23)12-10-11(17)4-5-13(12)18/h4-5,10,23H,6-9H2,1-3H3. The lowest BCUT2D eigenvalue weighted by atomic mass is 10.1. The highest BCUT2D eigenvalue weighted by Crippen LogP contribution is 2.16. The van der Waals surface area contributed by atoms with E-state index in [-0.39, 0.29) is 11.4 Å². The third-order valence-electron chi connectivity index (χ3n) is 3.49. The first-order valence-corrected chi connectivity index (χ1v) is 7.61. The number of benzene rings is 1. The Hall–Kier alpha value is -2.38. The van der Waals surface area contributed by atoms with Crippen molar-refractivity contribution in [2.75, 3.05) is 26.2 Å². The Kier molecular flexibility index (Phi) is 5.26. The van der Waals surface area contributed by atoms with Crippen LogP contribution in [0.25, 0.3) is 0 Å². The number of rotatable bonds is 1. The minimum absolute atomic E-state index is 0.0594. The van der Waals surface area contributed by atoms with E-state index in [1.165, 1.54) is 4.90 Å². The normalized spacial score (nSPS) is 16.3. The first-order valence-electron chi connectivity index (χ1n) is 7.61. The van der Waals surface area contributed by atoms with Crippen LogP contribution in [-0.4, -0.2) is 58.7 Å². The lowest BCUT2D eigenvalue weighted by Gasteiger charge is -2.36. The molecule has 0 atom stereocenters. The fourth-order valence-electron chi connectivity index (χ4n) is 2.38. The summed E-state index contributed by atoms with van der Waals surface area (Å²) in [5.41, 5.74) is -0.709. The minimum Gasteiger partial charge on any atom is -0.444 e. The van der Waals surface area contributed by atoms with Crippen molar-refractivity contribution in [3.8, 4) is 0 Å². The van der Waals surface area contributed by atoms with Gasteiger partial charge in [-0.1, -0.05) is 5.16 Å². The van der Waals surface area contributed by atoms with Crippen molar-refractivity contribution < 1.29 is 23.5 Å². The first-order chi connectivity index (χ1) is 11.2. The molecule has 0 spiro atoms. The molecule has 1 aliphatic heterocycles. The molecule has 2 rings (SSSR count). The minimum atomic E-state index is -0.682. The first kappa shape index (κ1) is 18.0. The third-order valence-corrected chi connectivity index (χ3v) is 3.49. The smallest absolute Gasteiger partial charge is 0.410 e. The van der Waals surface area contributed by atoms with Crippen LogP contribution in [0.5, 0.6) is 0 Å². The molecular weight excluding hydrogens is 320 g/mol. The van der Waals surface area contributed by atoms with Crippen molar-refractivity contribution in [1.82, 2.24) is 9.80 Å². The molecule has 6 nitrogen and oxygen atoms in total. The van der Waals surface area contributed by atoms with Gasteiger partial charge in [0.15, 0.2) is 5.84 Å². The average molecular weight is 341 g/mol. The lowest BCUT2D eigenvalue weighted by Crippen LogP contribution is -2.52. The van der Waals surface area contributed by atoms with E-state index in [9.17, 15) is 18.8 Å². The second-order valence-corrected chi connectivity index (χ2v) is 6.50. The topological polar surface area (TPSA) is 65.4 Å². The Morgan fingerprint density at radius 1 is 1.17 bits per heavy atom. The Morgan fingerprint density at radius 2 is 1.75 bits per heavy atom. The quantitative estimate of drug-likeness (QED) is 0.369. The number of nitrogens with zero attached hydrogens (tertiary/aromatic N) is 3. The van der Waals surface area contributed by atoms with E-state index in [1.54, 1.807) is 25.7 Å². The average Bonchev–Trinajstić information content (AvgIpc) is 2.50. The van der Waals surface area contributed by atoms with Crippen molar-refractivity contribution in [1.29, 1.82) is 0 Å². The highest BCUT2D eigenvalue weighted by Gasteiger charge is 2.28. The zero-order chi connectivity index (χ0) is 17.9. The number of hydrogen-bond donors (Lipinski definition) is 1. The SMILES string of the molecule is CC(C)(C)OC(=O)N1CCN(C(=NO)c2cc(F)ccc2F)CC1. The van der Waals surface area contributed by atoms with Gasteiger partial charge >= 0.3 is 6.09 Å². The molecule has 0 bridgehead atoms. The summed E-state index contributed by atoms with van der Waals surface area (Å²) in [7, 11) is 0. The van der Waals surface area contributed by atoms with E-state index in [4.69, 9.17) is 4.74 Å². The van der Waals surface area contributed by atoms with E-state index in [0.717, 1.165) is 18.2 Å². The van der Waals surface area contributed by atoms with Crippen LogP contribution in [0.1, 0.15) is 26.3 Å². The van der Waals surface area contributed by atoms with E-state index in [0.29, 0.717) is 26.2 Å². The molecule has 1 N–H and O–H groups in total. The summed E-state index contributed by atoms with van der Waals surface area (Å²) in [6, 6.07) is 2.95. The summed E-state index contributed by atoms with van der Waals surface area (Å²) >= 11 is 0. The molecule has 1 aromatic carbocycles. The van der Waals surface area contributed by atoms with Crippen LogP contribution in [0.15, 0.2) is 23.4 Å². The molecule has 0 aliphatic carbocycles. The number of amides is 1. The Bertz CT molecular complexity index is 636. The summed E-state index contributed by atoms with van der Waals surface area (Å²) in [4.78, 5) is 15.1. The molecule has 24 heavy (non-hydrogen) atoms. The van der Waals surface area contributed by atoms with Crippen LogP contribution < -0.4 is 0 Å². The van der Waals surface area contributed by atoms with Gasteiger partial charge in [0.1, 0.15) is 17.2 Å². The Balaban J connectivity index is 2.05. The molecule has 1 aliphatic rings. The van der Waals surface area contributed by atoms with Crippen LogP contribution >= 0.6 is 0 Å². The second kappa shape index (κ2) is 7.02. The predicted molar refractivity (Wildman–Crippen MR) is 84.1 cm³/mol. The maximum absolute atomic E-state index is 13.9. The zero-order valence-electron chi connectivity index (χ0n) is 13.9. The predicted octanol–water partition coefficient (Wildman–Crippen LogP) is 2.65. The van der Waals surface area contributed by atoms with Gasteiger partial charge < -0.3 is 19.7 Å². The number of piperazine rings is 1. The van der Waals surface area contributed by atoms with E-state index >= 15 is 0 Å². The number of halogens is 2. The molecule has 0 radical (unpaired) electrons. The van der Waals surface area contributed by atoms with Crippen LogP contribution in [0.3, 0.4) is 0 Å². The molecule has 1 saturated heterocycles. The molecule has 0 unspecified atom stereocenters. The summed E-state index contributed by atoms with van der Waals surface area (Å²) in [6.45, 7) is 6.62. The van der Waals surface area contributed by atoms with Crippen molar-refractivity contribution in [3.05, 3.63) is 35.4 Å².